The van der Waals surface area contributed by atoms with E-state index in [2.05, 4.69) is 29.6 Å². The Bertz CT molecular complexity index is 292. The Balaban J connectivity index is 2.13. The molecule has 1 fully saturated rings. The zero-order valence-electron chi connectivity index (χ0n) is 8.30. The van der Waals surface area contributed by atoms with Crippen LogP contribution in [0.2, 0.25) is 0 Å². The molecule has 1 aromatic rings. The van der Waals surface area contributed by atoms with Gasteiger partial charge in [-0.05, 0) is 36.4 Å². The predicted molar refractivity (Wildman–Crippen MR) is 60.8 cm³/mol. The van der Waals surface area contributed by atoms with E-state index in [9.17, 15) is 0 Å². The summed E-state index contributed by atoms with van der Waals surface area (Å²) in [5.41, 5.74) is 2.67. The number of piperidine rings is 1. The second kappa shape index (κ2) is 4.81. The fraction of sp³-hybridized carbons (Fsp3) is 0.500. The van der Waals surface area contributed by atoms with Crippen LogP contribution in [0.1, 0.15) is 29.9 Å². The molecule has 1 aliphatic rings. The predicted octanol–water partition coefficient (Wildman–Crippen LogP) is 2.89. The minimum absolute atomic E-state index is 0.619. The highest BCUT2D eigenvalue weighted by Gasteiger charge is 2.14. The molecule has 0 radical (unpaired) electrons. The Morgan fingerprint density at radius 2 is 2.36 bits per heavy atom. The van der Waals surface area contributed by atoms with Crippen LogP contribution in [0.3, 0.4) is 0 Å². The number of benzene rings is 1. The molecule has 2 rings (SSSR count). The molecule has 0 spiro atoms. The van der Waals surface area contributed by atoms with E-state index < -0.39 is 0 Å². The van der Waals surface area contributed by atoms with Crippen molar-refractivity contribution < 1.29 is 0 Å². The van der Waals surface area contributed by atoms with Crippen LogP contribution in [0, 0.1) is 0 Å². The maximum absolute atomic E-state index is 5.82. The largest absolute Gasteiger partial charge is 0.316 e. The van der Waals surface area contributed by atoms with Gasteiger partial charge < -0.3 is 5.32 Å². The molecule has 1 unspecified atom stereocenters. The third-order valence-electron chi connectivity index (χ3n) is 2.87. The second-order valence-corrected chi connectivity index (χ2v) is 4.19. The Morgan fingerprint density at radius 3 is 3.07 bits per heavy atom. The Hall–Kier alpha value is -0.530. The van der Waals surface area contributed by atoms with E-state index in [0.29, 0.717) is 11.8 Å². The van der Waals surface area contributed by atoms with E-state index in [1.165, 1.54) is 30.5 Å². The molecular formula is C12H16ClN. The lowest BCUT2D eigenvalue weighted by atomic mass is 9.91. The molecule has 76 valence electrons. The average Bonchev–Trinajstić information content (AvgIpc) is 2.30. The highest BCUT2D eigenvalue weighted by molar-refractivity contribution is 6.17. The van der Waals surface area contributed by atoms with E-state index >= 15 is 0 Å². The first-order chi connectivity index (χ1) is 6.90. The molecule has 14 heavy (non-hydrogen) atoms. The van der Waals surface area contributed by atoms with Crippen molar-refractivity contribution in [1.29, 1.82) is 0 Å². The fourth-order valence-corrected chi connectivity index (χ4v) is 2.23. The monoisotopic (exact) mass is 209 g/mol. The Labute approximate surface area is 90.5 Å². The summed E-state index contributed by atoms with van der Waals surface area (Å²) in [6, 6.07) is 8.66. The molecule has 1 saturated heterocycles. The molecule has 1 N–H and O–H groups in total. The maximum Gasteiger partial charge on any atom is 0.0474 e. The van der Waals surface area contributed by atoms with Gasteiger partial charge in [0, 0.05) is 12.4 Å². The third-order valence-corrected chi connectivity index (χ3v) is 3.18. The van der Waals surface area contributed by atoms with Gasteiger partial charge in [0.05, 0.1) is 0 Å². The molecule has 0 bridgehead atoms. The summed E-state index contributed by atoms with van der Waals surface area (Å²) in [4.78, 5) is 0. The van der Waals surface area contributed by atoms with Crippen molar-refractivity contribution in [3.63, 3.8) is 0 Å². The summed E-state index contributed by atoms with van der Waals surface area (Å²) >= 11 is 5.82. The lowest BCUT2D eigenvalue weighted by molar-refractivity contribution is 0.461. The Kier molecular flexibility index (Phi) is 3.44. The van der Waals surface area contributed by atoms with Crippen LogP contribution < -0.4 is 5.32 Å². The molecule has 1 heterocycles. The number of hydrogen-bond donors (Lipinski definition) is 1. The lowest BCUT2D eigenvalue weighted by Gasteiger charge is -2.23. The van der Waals surface area contributed by atoms with Gasteiger partial charge in [-0.2, -0.15) is 0 Å². The quantitative estimate of drug-likeness (QED) is 0.739. The van der Waals surface area contributed by atoms with Crippen molar-refractivity contribution >= 4 is 11.6 Å². The highest BCUT2D eigenvalue weighted by atomic mass is 35.5. The molecule has 1 aliphatic heterocycles. The number of halogens is 1. The van der Waals surface area contributed by atoms with Crippen LogP contribution in [-0.4, -0.2) is 13.1 Å². The first kappa shape index (κ1) is 10.0. The molecule has 1 nitrogen and oxygen atoms in total. The van der Waals surface area contributed by atoms with Gasteiger partial charge in [0.15, 0.2) is 0 Å². The van der Waals surface area contributed by atoms with Crippen LogP contribution in [0.25, 0.3) is 0 Å². The van der Waals surface area contributed by atoms with Gasteiger partial charge in [0.25, 0.3) is 0 Å². The summed E-state index contributed by atoms with van der Waals surface area (Å²) in [5, 5.41) is 3.44. The van der Waals surface area contributed by atoms with Crippen LogP contribution in [-0.2, 0) is 5.88 Å². The second-order valence-electron chi connectivity index (χ2n) is 3.92. The summed E-state index contributed by atoms with van der Waals surface area (Å²) in [6.45, 7) is 2.29. The lowest BCUT2D eigenvalue weighted by Crippen LogP contribution is -2.28. The van der Waals surface area contributed by atoms with Crippen molar-refractivity contribution in [2.75, 3.05) is 13.1 Å². The van der Waals surface area contributed by atoms with Gasteiger partial charge in [-0.25, -0.2) is 0 Å². The van der Waals surface area contributed by atoms with Crippen LogP contribution in [0.5, 0.6) is 0 Å². The smallest absolute Gasteiger partial charge is 0.0474 e. The van der Waals surface area contributed by atoms with Crippen LogP contribution in [0.4, 0.5) is 0 Å². The average molecular weight is 210 g/mol. The summed E-state index contributed by atoms with van der Waals surface area (Å²) in [6.07, 6.45) is 2.59. The zero-order valence-corrected chi connectivity index (χ0v) is 9.06. The molecule has 0 saturated carbocycles. The molecule has 0 aromatic heterocycles. The number of hydrogen-bond acceptors (Lipinski definition) is 1. The van der Waals surface area contributed by atoms with Crippen LogP contribution in [0.15, 0.2) is 24.3 Å². The van der Waals surface area contributed by atoms with Gasteiger partial charge >= 0.3 is 0 Å². The summed E-state index contributed by atoms with van der Waals surface area (Å²) in [5.74, 6) is 1.31. The first-order valence-corrected chi connectivity index (χ1v) is 5.79. The third kappa shape index (κ3) is 2.28. The SMILES string of the molecule is ClCc1cccc(C2CCCNC2)c1. The van der Waals surface area contributed by atoms with E-state index in [-0.39, 0.29) is 0 Å². The number of nitrogens with one attached hydrogen (secondary N) is 1. The van der Waals surface area contributed by atoms with Crippen molar-refractivity contribution in [2.24, 2.45) is 0 Å². The van der Waals surface area contributed by atoms with E-state index in [4.69, 9.17) is 11.6 Å². The van der Waals surface area contributed by atoms with Crippen LogP contribution >= 0.6 is 11.6 Å². The normalized spacial score (nSPS) is 22.2. The van der Waals surface area contributed by atoms with Gasteiger partial charge in [-0.3, -0.25) is 0 Å². The molecule has 1 atom stereocenters. The van der Waals surface area contributed by atoms with Gasteiger partial charge in [0.2, 0.25) is 0 Å². The topological polar surface area (TPSA) is 12.0 Å². The maximum atomic E-state index is 5.82. The van der Waals surface area contributed by atoms with E-state index in [1.807, 2.05) is 0 Å². The van der Waals surface area contributed by atoms with E-state index in [0.717, 1.165) is 6.54 Å². The highest BCUT2D eigenvalue weighted by Crippen LogP contribution is 2.24. The number of rotatable bonds is 2. The van der Waals surface area contributed by atoms with Crippen molar-refractivity contribution in [3.8, 4) is 0 Å². The minimum atomic E-state index is 0.619. The zero-order chi connectivity index (χ0) is 9.80. The molecule has 2 heteroatoms. The van der Waals surface area contributed by atoms with Crippen molar-refractivity contribution in [2.45, 2.75) is 24.6 Å². The minimum Gasteiger partial charge on any atom is -0.316 e. The summed E-state index contributed by atoms with van der Waals surface area (Å²) < 4.78 is 0. The van der Waals surface area contributed by atoms with Gasteiger partial charge in [0.1, 0.15) is 0 Å². The van der Waals surface area contributed by atoms with E-state index in [1.54, 1.807) is 0 Å². The Morgan fingerprint density at radius 1 is 1.43 bits per heavy atom. The van der Waals surface area contributed by atoms with Crippen molar-refractivity contribution in [1.82, 2.24) is 5.32 Å². The molecular weight excluding hydrogens is 194 g/mol. The standard InChI is InChI=1S/C12H16ClN/c13-8-10-3-1-4-11(7-10)12-5-2-6-14-9-12/h1,3-4,7,12,14H,2,5-6,8-9H2. The van der Waals surface area contributed by atoms with Gasteiger partial charge in [-0.1, -0.05) is 24.3 Å². The van der Waals surface area contributed by atoms with Gasteiger partial charge in [-0.15, -0.1) is 11.6 Å². The number of alkyl halides is 1. The molecule has 0 amide bonds. The molecule has 0 aliphatic carbocycles. The van der Waals surface area contributed by atoms with Crippen molar-refractivity contribution in [3.05, 3.63) is 35.4 Å². The summed E-state index contributed by atoms with van der Waals surface area (Å²) in [7, 11) is 0. The molecule has 1 aromatic carbocycles. The fourth-order valence-electron chi connectivity index (χ4n) is 2.07. The first-order valence-electron chi connectivity index (χ1n) is 5.25.